The van der Waals surface area contributed by atoms with Gasteiger partial charge in [-0.2, -0.15) is 10.2 Å². The second-order valence-corrected chi connectivity index (χ2v) is 7.83. The predicted octanol–water partition coefficient (Wildman–Crippen LogP) is 1.33. The van der Waals surface area contributed by atoms with Crippen LogP contribution in [-0.4, -0.2) is 50.3 Å². The van der Waals surface area contributed by atoms with Crippen molar-refractivity contribution < 1.29 is 27.4 Å². The molecule has 0 aliphatic carbocycles. The number of nitrogens with one attached hydrogen (secondary N) is 1. The molecule has 3 N–H and O–H groups in total. The van der Waals surface area contributed by atoms with Crippen molar-refractivity contribution in [3.63, 3.8) is 0 Å². The number of methoxy groups -OCH3 is 3. The highest BCUT2D eigenvalue weighted by Gasteiger charge is 2.23. The summed E-state index contributed by atoms with van der Waals surface area (Å²) in [5.74, 6) is -0.769. The molecule has 0 radical (unpaired) electrons. The molecule has 0 atom stereocenters. The molecule has 32 heavy (non-hydrogen) atoms. The number of aromatic nitrogens is 3. The van der Waals surface area contributed by atoms with E-state index in [1.54, 1.807) is 0 Å². The van der Waals surface area contributed by atoms with Crippen molar-refractivity contribution >= 4 is 27.5 Å². The number of ether oxygens (including phenoxy) is 3. The van der Waals surface area contributed by atoms with Crippen LogP contribution >= 0.6 is 0 Å². The Balaban J connectivity index is 1.98. The Morgan fingerprint density at radius 1 is 1.16 bits per heavy atom. The lowest BCUT2D eigenvalue weighted by Gasteiger charge is -2.13. The zero-order valence-corrected chi connectivity index (χ0v) is 18.0. The largest absolute Gasteiger partial charge is 0.489 e. The van der Waals surface area contributed by atoms with Crippen LogP contribution in [0.4, 0.5) is 11.5 Å². The van der Waals surface area contributed by atoms with Crippen molar-refractivity contribution in [2.45, 2.75) is 4.90 Å². The van der Waals surface area contributed by atoms with Gasteiger partial charge in [-0.15, -0.1) is 0 Å². The Kier molecular flexibility index (Phi) is 6.17. The van der Waals surface area contributed by atoms with E-state index in [-0.39, 0.29) is 39.3 Å². The van der Waals surface area contributed by atoms with E-state index in [0.717, 1.165) is 6.33 Å². The van der Waals surface area contributed by atoms with Crippen LogP contribution in [0.1, 0.15) is 16.1 Å². The molecule has 13 heteroatoms. The van der Waals surface area contributed by atoms with Gasteiger partial charge in [0.1, 0.15) is 12.4 Å². The zero-order valence-electron chi connectivity index (χ0n) is 17.2. The van der Waals surface area contributed by atoms with Gasteiger partial charge in [0.15, 0.2) is 11.5 Å². The molecule has 0 unspecified atom stereocenters. The highest BCUT2D eigenvalue weighted by molar-refractivity contribution is 7.92. The minimum Gasteiger partial charge on any atom is -0.489 e. The summed E-state index contributed by atoms with van der Waals surface area (Å²) in [6.45, 7) is 0. The highest BCUT2D eigenvalue weighted by Crippen LogP contribution is 2.32. The minimum absolute atomic E-state index is 0.0183. The van der Waals surface area contributed by atoms with Crippen LogP contribution < -0.4 is 19.9 Å². The lowest BCUT2D eigenvalue weighted by atomic mass is 10.2. The van der Waals surface area contributed by atoms with Gasteiger partial charge in [0.05, 0.1) is 37.5 Å². The third-order valence-corrected chi connectivity index (χ3v) is 5.72. The number of nitrogen functional groups attached to an aromatic ring is 1. The summed E-state index contributed by atoms with van der Waals surface area (Å²) >= 11 is 0. The molecule has 3 aromatic rings. The Morgan fingerprint density at radius 2 is 1.84 bits per heavy atom. The number of nitriles is 1. The number of carbonyl (C=O) groups is 1. The van der Waals surface area contributed by atoms with Crippen molar-refractivity contribution in [2.75, 3.05) is 31.8 Å². The second-order valence-electron chi connectivity index (χ2n) is 6.14. The quantitative estimate of drug-likeness (QED) is 0.492. The number of esters is 1. The van der Waals surface area contributed by atoms with E-state index in [1.807, 2.05) is 6.07 Å². The van der Waals surface area contributed by atoms with Gasteiger partial charge in [0.2, 0.25) is 5.75 Å². The highest BCUT2D eigenvalue weighted by atomic mass is 32.2. The van der Waals surface area contributed by atoms with E-state index in [2.05, 4.69) is 14.7 Å². The maximum Gasteiger partial charge on any atom is 0.357 e. The summed E-state index contributed by atoms with van der Waals surface area (Å²) < 4.78 is 44.2. The smallest absolute Gasteiger partial charge is 0.357 e. The van der Waals surface area contributed by atoms with Crippen LogP contribution in [0.25, 0.3) is 5.69 Å². The number of nitrogens with zero attached hydrogens (tertiary/aromatic N) is 4. The van der Waals surface area contributed by atoms with Crippen molar-refractivity contribution in [1.29, 1.82) is 5.26 Å². The number of benzene rings is 1. The van der Waals surface area contributed by atoms with Crippen LogP contribution in [0.3, 0.4) is 0 Å². The van der Waals surface area contributed by atoms with Gasteiger partial charge in [-0.25, -0.2) is 18.2 Å². The summed E-state index contributed by atoms with van der Waals surface area (Å²) in [7, 11) is -0.197. The topological polar surface area (TPSA) is 171 Å². The van der Waals surface area contributed by atoms with Crippen LogP contribution in [-0.2, 0) is 14.8 Å². The molecule has 0 amide bonds. The predicted molar refractivity (Wildman–Crippen MR) is 112 cm³/mol. The van der Waals surface area contributed by atoms with E-state index in [9.17, 15) is 18.5 Å². The molecule has 0 fully saturated rings. The van der Waals surface area contributed by atoms with E-state index >= 15 is 0 Å². The van der Waals surface area contributed by atoms with Gasteiger partial charge in [-0.05, 0) is 24.3 Å². The fourth-order valence-corrected chi connectivity index (χ4v) is 3.86. The van der Waals surface area contributed by atoms with E-state index in [4.69, 9.17) is 19.9 Å². The third-order valence-electron chi connectivity index (χ3n) is 4.37. The maximum atomic E-state index is 12.8. The molecule has 0 aliphatic heterocycles. The molecule has 166 valence electrons. The summed E-state index contributed by atoms with van der Waals surface area (Å²) in [5, 5.41) is 9.22. The molecule has 3 rings (SSSR count). The Morgan fingerprint density at radius 3 is 2.41 bits per heavy atom. The lowest BCUT2D eigenvalue weighted by Crippen LogP contribution is -2.15. The average Bonchev–Trinajstić information content (AvgIpc) is 3.14. The number of sulfonamides is 1. The van der Waals surface area contributed by atoms with Gasteiger partial charge >= 0.3 is 5.97 Å². The van der Waals surface area contributed by atoms with Crippen molar-refractivity contribution in [3.05, 3.63) is 48.0 Å². The number of rotatable bonds is 7. The third kappa shape index (κ3) is 3.98. The Hall–Kier alpha value is -4.31. The summed E-state index contributed by atoms with van der Waals surface area (Å²) in [5.41, 5.74) is 6.26. The second kappa shape index (κ2) is 8.82. The van der Waals surface area contributed by atoms with Crippen molar-refractivity contribution in [1.82, 2.24) is 14.5 Å². The Bertz CT molecular complexity index is 1310. The Labute approximate surface area is 183 Å². The molecule has 0 bridgehead atoms. The maximum absolute atomic E-state index is 12.8. The van der Waals surface area contributed by atoms with Crippen LogP contribution in [0, 0.1) is 11.3 Å². The number of hydrogen-bond acceptors (Lipinski definition) is 10. The number of anilines is 2. The van der Waals surface area contributed by atoms with E-state index in [0.29, 0.717) is 5.69 Å². The monoisotopic (exact) mass is 458 g/mol. The lowest BCUT2D eigenvalue weighted by molar-refractivity contribution is 0.0593. The first-order valence-corrected chi connectivity index (χ1v) is 10.3. The molecule has 1 aromatic carbocycles. The molecule has 0 spiro atoms. The molecule has 0 aliphatic rings. The fourth-order valence-electron chi connectivity index (χ4n) is 2.85. The van der Waals surface area contributed by atoms with Crippen molar-refractivity contribution in [3.8, 4) is 23.4 Å². The summed E-state index contributed by atoms with van der Waals surface area (Å²) in [4.78, 5) is 19.8. The first-order chi connectivity index (χ1) is 15.3. The molecule has 0 saturated carbocycles. The van der Waals surface area contributed by atoms with E-state index < -0.39 is 16.0 Å². The van der Waals surface area contributed by atoms with Crippen molar-refractivity contribution in [2.24, 2.45) is 0 Å². The summed E-state index contributed by atoms with van der Waals surface area (Å²) in [6, 6.07) is 7.40. The van der Waals surface area contributed by atoms with Gasteiger partial charge in [-0.1, -0.05) is 0 Å². The average molecular weight is 458 g/mol. The minimum atomic E-state index is -4.06. The van der Waals surface area contributed by atoms with Gasteiger partial charge in [0.25, 0.3) is 15.9 Å². The zero-order chi connectivity index (χ0) is 23.5. The SMILES string of the molecule is COC(=O)c1c(N)c(C#N)cn1-c1ccc(S(=O)(=O)Nc2ncnc(OC)c2OC)cc1. The summed E-state index contributed by atoms with van der Waals surface area (Å²) in [6.07, 6.45) is 2.49. The molecule has 0 saturated heterocycles. The normalized spacial score (nSPS) is 10.8. The molecule has 2 heterocycles. The van der Waals surface area contributed by atoms with Crippen LogP contribution in [0.15, 0.2) is 41.7 Å². The standard InChI is InChI=1S/C19H18N6O6S/c1-29-16-17(22-10-23-18(16)30-2)24-32(27,28)13-6-4-12(5-7-13)25-9-11(8-20)14(21)15(25)19(26)31-3/h4-7,9-10H,21H2,1-3H3,(H,22,23,24). The molecule has 2 aromatic heterocycles. The first-order valence-electron chi connectivity index (χ1n) is 8.82. The van der Waals surface area contributed by atoms with Gasteiger partial charge in [0, 0.05) is 11.9 Å². The number of nitrogens with two attached hydrogens (primary N) is 1. The molecule has 12 nitrogen and oxygen atoms in total. The van der Waals surface area contributed by atoms with Crippen LogP contribution in [0.5, 0.6) is 11.6 Å². The fraction of sp³-hybridized carbons (Fsp3) is 0.158. The van der Waals surface area contributed by atoms with E-state index in [1.165, 1.54) is 56.4 Å². The van der Waals surface area contributed by atoms with Gasteiger partial charge in [-0.3, -0.25) is 4.72 Å². The van der Waals surface area contributed by atoms with Crippen LogP contribution in [0.2, 0.25) is 0 Å². The molecular formula is C19H18N6O6S. The number of carbonyl (C=O) groups excluding carboxylic acids is 1. The number of hydrogen-bond donors (Lipinski definition) is 2. The molecular weight excluding hydrogens is 440 g/mol. The van der Waals surface area contributed by atoms with Gasteiger partial charge < -0.3 is 24.5 Å². The first kappa shape index (κ1) is 22.4.